The van der Waals surface area contributed by atoms with Crippen LogP contribution in [0.1, 0.15) is 12.6 Å². The summed E-state index contributed by atoms with van der Waals surface area (Å²) >= 11 is 0. The Labute approximate surface area is 78.7 Å². The van der Waals surface area contributed by atoms with Crippen molar-refractivity contribution in [3.05, 3.63) is 23.9 Å². The monoisotopic (exact) mass is 201 g/mol. The molecule has 0 N–H and O–H groups in total. The Bertz CT molecular complexity index is 376. The van der Waals surface area contributed by atoms with E-state index < -0.39 is 11.9 Å². The van der Waals surface area contributed by atoms with E-state index in [0.29, 0.717) is 0 Å². The van der Waals surface area contributed by atoms with Gasteiger partial charge in [-0.3, -0.25) is 0 Å². The van der Waals surface area contributed by atoms with Gasteiger partial charge in [0.1, 0.15) is 11.8 Å². The quantitative estimate of drug-likeness (QED) is 0.651. The fraction of sp³-hybridized carbons (Fsp3) is 0.222. The van der Waals surface area contributed by atoms with Gasteiger partial charge in [-0.05, 0) is 6.07 Å². The van der Waals surface area contributed by atoms with Crippen LogP contribution in [0.4, 0.5) is 13.2 Å². The molecule has 0 amide bonds. The van der Waals surface area contributed by atoms with Crippen LogP contribution < -0.4 is 4.74 Å². The van der Waals surface area contributed by atoms with Crippen molar-refractivity contribution in [2.45, 2.75) is 13.1 Å². The Hall–Kier alpha value is -1.70. The Morgan fingerprint density at radius 3 is 2.64 bits per heavy atom. The smallest absolute Gasteiger partial charge is 0.388 e. The molecule has 1 aromatic heterocycles. The van der Waals surface area contributed by atoms with Crippen molar-refractivity contribution in [1.82, 2.24) is 4.98 Å². The van der Waals surface area contributed by atoms with Crippen LogP contribution in [0, 0.1) is 12.0 Å². The minimum Gasteiger partial charge on any atom is -0.388 e. The van der Waals surface area contributed by atoms with E-state index in [9.17, 15) is 13.2 Å². The zero-order chi connectivity index (χ0) is 10.6. The molecule has 74 valence electrons. The second-order valence-corrected chi connectivity index (χ2v) is 2.31. The first-order chi connectivity index (χ1) is 6.54. The Kier molecular flexibility index (Phi) is 2.97. The summed E-state index contributed by atoms with van der Waals surface area (Å²) in [5, 5.41) is 0. The summed E-state index contributed by atoms with van der Waals surface area (Å²) in [7, 11) is 0. The normalized spacial score (nSPS) is 10.3. The fourth-order valence-electron chi connectivity index (χ4n) is 0.733. The van der Waals surface area contributed by atoms with Crippen molar-refractivity contribution in [2.75, 3.05) is 0 Å². The van der Waals surface area contributed by atoms with E-state index in [4.69, 9.17) is 0 Å². The van der Waals surface area contributed by atoms with Crippen LogP contribution in [0.5, 0.6) is 5.88 Å². The summed E-state index contributed by atoms with van der Waals surface area (Å²) in [6.07, 6.45) is -2.30. The Balaban J connectivity index is 2.93. The number of ether oxygens (including phenoxy) is 1. The van der Waals surface area contributed by atoms with Crippen LogP contribution in [0.3, 0.4) is 0 Å². The van der Waals surface area contributed by atoms with Crippen molar-refractivity contribution in [1.29, 1.82) is 0 Å². The summed E-state index contributed by atoms with van der Waals surface area (Å²) in [6.45, 7) is 1.51. The highest BCUT2D eigenvalue weighted by Crippen LogP contribution is 2.28. The average molecular weight is 201 g/mol. The van der Waals surface area contributed by atoms with Crippen molar-refractivity contribution >= 4 is 0 Å². The molecule has 0 aromatic carbocycles. The lowest BCUT2D eigenvalue weighted by Gasteiger charge is -2.05. The van der Waals surface area contributed by atoms with Crippen LogP contribution in [0.25, 0.3) is 0 Å². The molecular formula is C9H6F3NO. The minimum absolute atomic E-state index is 0.158. The van der Waals surface area contributed by atoms with Gasteiger partial charge in [-0.2, -0.15) is 13.2 Å². The molecule has 0 atom stereocenters. The molecule has 0 fully saturated rings. The van der Waals surface area contributed by atoms with Gasteiger partial charge in [0.25, 0.3) is 0 Å². The van der Waals surface area contributed by atoms with Crippen LogP contribution >= 0.6 is 0 Å². The van der Waals surface area contributed by atoms with E-state index in [0.717, 1.165) is 6.07 Å². The summed E-state index contributed by atoms with van der Waals surface area (Å²) in [6, 6.07) is 3.38. The minimum atomic E-state index is -4.46. The van der Waals surface area contributed by atoms with Gasteiger partial charge in [-0.15, -0.1) is 0 Å². The Morgan fingerprint density at radius 1 is 1.36 bits per heavy atom. The Morgan fingerprint density at radius 2 is 2.07 bits per heavy atom. The molecule has 5 heteroatoms. The standard InChI is InChI=1S/C9H6F3NO/c1-2-6-14-8-5-3-4-7(13-8)9(10,11)12/h3-5H,1H3. The molecule has 14 heavy (non-hydrogen) atoms. The maximum absolute atomic E-state index is 12.1. The summed E-state index contributed by atoms with van der Waals surface area (Å²) in [5.41, 5.74) is -0.993. The molecule has 0 saturated heterocycles. The number of aromatic nitrogens is 1. The average Bonchev–Trinajstić information content (AvgIpc) is 2.14. The largest absolute Gasteiger partial charge is 0.433 e. The molecule has 1 aromatic rings. The molecule has 2 nitrogen and oxygen atoms in total. The molecule has 0 aliphatic rings. The highest BCUT2D eigenvalue weighted by atomic mass is 19.4. The zero-order valence-electron chi connectivity index (χ0n) is 7.22. The van der Waals surface area contributed by atoms with Gasteiger partial charge >= 0.3 is 6.18 Å². The number of hydrogen-bond acceptors (Lipinski definition) is 2. The predicted molar refractivity (Wildman–Crippen MR) is 43.3 cm³/mol. The van der Waals surface area contributed by atoms with Gasteiger partial charge in [0.2, 0.25) is 5.88 Å². The van der Waals surface area contributed by atoms with Crippen molar-refractivity contribution in [3.63, 3.8) is 0 Å². The first-order valence-corrected chi connectivity index (χ1v) is 3.67. The lowest BCUT2D eigenvalue weighted by molar-refractivity contribution is -0.141. The zero-order valence-corrected chi connectivity index (χ0v) is 7.22. The second kappa shape index (κ2) is 4.01. The fourth-order valence-corrected chi connectivity index (χ4v) is 0.733. The number of halogens is 3. The highest BCUT2D eigenvalue weighted by molar-refractivity contribution is 5.19. The van der Waals surface area contributed by atoms with Gasteiger partial charge < -0.3 is 4.74 Å². The molecule has 0 radical (unpaired) electrons. The van der Waals surface area contributed by atoms with E-state index in [-0.39, 0.29) is 5.88 Å². The third-order valence-electron chi connectivity index (χ3n) is 1.27. The van der Waals surface area contributed by atoms with E-state index in [2.05, 4.69) is 21.7 Å². The highest BCUT2D eigenvalue weighted by Gasteiger charge is 2.32. The molecule has 0 spiro atoms. The summed E-state index contributed by atoms with van der Waals surface area (Å²) < 4.78 is 41.0. The number of alkyl halides is 3. The SMILES string of the molecule is CC#COc1cccc(C(F)(F)F)n1. The third kappa shape index (κ3) is 2.66. The van der Waals surface area contributed by atoms with Crippen LogP contribution in [-0.2, 0) is 6.18 Å². The molecular weight excluding hydrogens is 195 g/mol. The molecule has 1 rings (SSSR count). The van der Waals surface area contributed by atoms with Crippen LogP contribution in [-0.4, -0.2) is 4.98 Å². The molecule has 0 bridgehead atoms. The van der Waals surface area contributed by atoms with E-state index in [1.165, 1.54) is 19.1 Å². The lowest BCUT2D eigenvalue weighted by atomic mass is 10.3. The first-order valence-electron chi connectivity index (χ1n) is 3.67. The van der Waals surface area contributed by atoms with Gasteiger partial charge in [0, 0.05) is 13.0 Å². The molecule has 0 aliphatic heterocycles. The topological polar surface area (TPSA) is 22.1 Å². The molecule has 0 aliphatic carbocycles. The first kappa shape index (κ1) is 10.4. The van der Waals surface area contributed by atoms with Gasteiger partial charge in [0.15, 0.2) is 0 Å². The van der Waals surface area contributed by atoms with Crippen molar-refractivity contribution < 1.29 is 17.9 Å². The number of pyridine rings is 1. The maximum Gasteiger partial charge on any atom is 0.433 e. The molecule has 0 saturated carbocycles. The van der Waals surface area contributed by atoms with Gasteiger partial charge in [-0.1, -0.05) is 12.0 Å². The van der Waals surface area contributed by atoms with Crippen molar-refractivity contribution in [3.8, 4) is 17.9 Å². The number of rotatable bonds is 1. The number of hydrogen-bond donors (Lipinski definition) is 0. The van der Waals surface area contributed by atoms with Gasteiger partial charge in [0.05, 0.1) is 0 Å². The lowest BCUT2D eigenvalue weighted by Crippen LogP contribution is -2.07. The van der Waals surface area contributed by atoms with Crippen LogP contribution in [0.15, 0.2) is 18.2 Å². The van der Waals surface area contributed by atoms with E-state index in [1.807, 2.05) is 0 Å². The van der Waals surface area contributed by atoms with Crippen molar-refractivity contribution in [2.24, 2.45) is 0 Å². The van der Waals surface area contributed by atoms with Gasteiger partial charge in [-0.25, -0.2) is 4.98 Å². The van der Waals surface area contributed by atoms with E-state index in [1.54, 1.807) is 0 Å². The van der Waals surface area contributed by atoms with Crippen LogP contribution in [0.2, 0.25) is 0 Å². The third-order valence-corrected chi connectivity index (χ3v) is 1.27. The predicted octanol–water partition coefficient (Wildman–Crippen LogP) is 2.46. The molecule has 0 unspecified atom stereocenters. The second-order valence-electron chi connectivity index (χ2n) is 2.31. The van der Waals surface area contributed by atoms with E-state index >= 15 is 0 Å². The molecule has 1 heterocycles. The number of nitrogens with zero attached hydrogens (tertiary/aromatic N) is 1. The summed E-state index contributed by atoms with van der Waals surface area (Å²) in [4.78, 5) is 3.23. The maximum atomic E-state index is 12.1. The summed E-state index contributed by atoms with van der Waals surface area (Å²) in [5.74, 6) is 2.22.